The maximum Gasteiger partial charge on any atom is 0.131 e. The molecule has 0 aliphatic heterocycles. The summed E-state index contributed by atoms with van der Waals surface area (Å²) in [4.78, 5) is 0. The van der Waals surface area contributed by atoms with E-state index in [0.717, 1.165) is 18.9 Å². The predicted octanol–water partition coefficient (Wildman–Crippen LogP) is 3.53. The van der Waals surface area contributed by atoms with E-state index in [4.69, 9.17) is 10.8 Å². The number of rotatable bonds is 2. The zero-order valence-corrected chi connectivity index (χ0v) is 10.5. The standard InChI is InChI=1S/C13H18FNO.ClH/c14-12-8-10(16)6-7-11(12)13(15)9-4-2-1-3-5-9;/h6-9,13,16H,1-5,15H2;1H/t13-;/m0./s1. The van der Waals surface area contributed by atoms with Gasteiger partial charge in [-0.2, -0.15) is 0 Å². The number of benzene rings is 1. The highest BCUT2D eigenvalue weighted by Crippen LogP contribution is 2.34. The maximum atomic E-state index is 13.6. The van der Waals surface area contributed by atoms with Gasteiger partial charge in [-0.15, -0.1) is 12.4 Å². The molecular weight excluding hydrogens is 241 g/mol. The minimum absolute atomic E-state index is 0. The molecule has 1 aromatic rings. The Hall–Kier alpha value is -0.800. The molecule has 4 heteroatoms. The summed E-state index contributed by atoms with van der Waals surface area (Å²) in [5, 5.41) is 9.15. The number of hydrogen-bond acceptors (Lipinski definition) is 2. The van der Waals surface area contributed by atoms with Crippen LogP contribution in [0.15, 0.2) is 18.2 Å². The van der Waals surface area contributed by atoms with Crippen molar-refractivity contribution in [2.45, 2.75) is 38.1 Å². The topological polar surface area (TPSA) is 46.2 Å². The normalized spacial score (nSPS) is 18.5. The lowest BCUT2D eigenvalue weighted by Crippen LogP contribution is -2.24. The van der Waals surface area contributed by atoms with Gasteiger partial charge in [0.1, 0.15) is 11.6 Å². The minimum atomic E-state index is -0.391. The van der Waals surface area contributed by atoms with Crippen LogP contribution in [0.25, 0.3) is 0 Å². The molecule has 2 nitrogen and oxygen atoms in total. The molecule has 3 N–H and O–H groups in total. The van der Waals surface area contributed by atoms with Crippen LogP contribution in [0.1, 0.15) is 43.7 Å². The number of phenolic OH excluding ortho intramolecular Hbond substituents is 1. The molecule has 96 valence electrons. The summed E-state index contributed by atoms with van der Waals surface area (Å²) in [6, 6.07) is 4.00. The van der Waals surface area contributed by atoms with E-state index in [-0.39, 0.29) is 24.2 Å². The van der Waals surface area contributed by atoms with Crippen LogP contribution in [-0.4, -0.2) is 5.11 Å². The van der Waals surface area contributed by atoms with Crippen molar-refractivity contribution < 1.29 is 9.50 Å². The Bertz CT molecular complexity index is 366. The first-order chi connectivity index (χ1) is 7.68. The number of halogens is 2. The summed E-state index contributed by atoms with van der Waals surface area (Å²) < 4.78 is 13.6. The van der Waals surface area contributed by atoms with E-state index < -0.39 is 5.82 Å². The van der Waals surface area contributed by atoms with Crippen LogP contribution in [0.4, 0.5) is 4.39 Å². The first-order valence-corrected chi connectivity index (χ1v) is 5.92. The summed E-state index contributed by atoms with van der Waals surface area (Å²) in [5.74, 6) is -0.0528. The van der Waals surface area contributed by atoms with Crippen LogP contribution >= 0.6 is 12.4 Å². The van der Waals surface area contributed by atoms with E-state index >= 15 is 0 Å². The molecule has 0 aromatic heterocycles. The predicted molar refractivity (Wildman–Crippen MR) is 68.8 cm³/mol. The van der Waals surface area contributed by atoms with Crippen molar-refractivity contribution in [2.24, 2.45) is 11.7 Å². The molecule has 1 fully saturated rings. The largest absolute Gasteiger partial charge is 0.508 e. The highest BCUT2D eigenvalue weighted by Gasteiger charge is 2.23. The average Bonchev–Trinajstić information content (AvgIpc) is 2.29. The molecule has 1 saturated carbocycles. The molecular formula is C13H19ClFNO. The summed E-state index contributed by atoms with van der Waals surface area (Å²) in [7, 11) is 0. The number of aromatic hydroxyl groups is 1. The minimum Gasteiger partial charge on any atom is -0.508 e. The van der Waals surface area contributed by atoms with E-state index in [1.54, 1.807) is 6.07 Å². The second-order valence-corrected chi connectivity index (χ2v) is 4.63. The van der Waals surface area contributed by atoms with Crippen molar-refractivity contribution in [3.05, 3.63) is 29.6 Å². The first-order valence-electron chi connectivity index (χ1n) is 5.92. The fourth-order valence-corrected chi connectivity index (χ4v) is 2.53. The Morgan fingerprint density at radius 3 is 2.47 bits per heavy atom. The molecule has 1 aromatic carbocycles. The summed E-state index contributed by atoms with van der Waals surface area (Å²) >= 11 is 0. The molecule has 0 bridgehead atoms. The van der Waals surface area contributed by atoms with Gasteiger partial charge in [0.2, 0.25) is 0 Å². The fourth-order valence-electron chi connectivity index (χ4n) is 2.53. The monoisotopic (exact) mass is 259 g/mol. The van der Waals surface area contributed by atoms with E-state index in [9.17, 15) is 4.39 Å². The zero-order valence-electron chi connectivity index (χ0n) is 9.73. The zero-order chi connectivity index (χ0) is 11.5. The van der Waals surface area contributed by atoms with Crippen molar-refractivity contribution in [1.29, 1.82) is 0 Å². The van der Waals surface area contributed by atoms with Gasteiger partial charge in [-0.3, -0.25) is 0 Å². The van der Waals surface area contributed by atoms with Crippen LogP contribution in [0.5, 0.6) is 5.75 Å². The lowest BCUT2D eigenvalue weighted by Gasteiger charge is -2.27. The second kappa shape index (κ2) is 6.22. The Balaban J connectivity index is 0.00000144. The number of phenols is 1. The van der Waals surface area contributed by atoms with E-state index in [0.29, 0.717) is 11.5 Å². The lowest BCUT2D eigenvalue weighted by molar-refractivity contribution is 0.303. The van der Waals surface area contributed by atoms with Gasteiger partial charge in [-0.25, -0.2) is 4.39 Å². The molecule has 0 radical (unpaired) electrons. The molecule has 1 aliphatic rings. The third kappa shape index (κ3) is 3.33. The molecule has 1 atom stereocenters. The van der Waals surface area contributed by atoms with Gasteiger partial charge in [-0.1, -0.05) is 25.3 Å². The quantitative estimate of drug-likeness (QED) is 0.853. The molecule has 0 heterocycles. The van der Waals surface area contributed by atoms with Gasteiger partial charge >= 0.3 is 0 Å². The van der Waals surface area contributed by atoms with Crippen molar-refractivity contribution in [1.82, 2.24) is 0 Å². The summed E-state index contributed by atoms with van der Waals surface area (Å²) in [5.41, 5.74) is 6.63. The van der Waals surface area contributed by atoms with Crippen LogP contribution in [0.2, 0.25) is 0 Å². The molecule has 17 heavy (non-hydrogen) atoms. The lowest BCUT2D eigenvalue weighted by atomic mass is 9.81. The molecule has 0 spiro atoms. The van der Waals surface area contributed by atoms with E-state index in [1.165, 1.54) is 25.3 Å². The number of nitrogens with two attached hydrogens (primary N) is 1. The van der Waals surface area contributed by atoms with Crippen molar-refractivity contribution >= 4 is 12.4 Å². The highest BCUT2D eigenvalue weighted by atomic mass is 35.5. The SMILES string of the molecule is Cl.N[C@H](c1ccc(O)cc1F)C1CCCCC1. The van der Waals surface area contributed by atoms with Gasteiger partial charge in [0.15, 0.2) is 0 Å². The van der Waals surface area contributed by atoms with Crippen molar-refractivity contribution in [3.8, 4) is 5.75 Å². The summed E-state index contributed by atoms with van der Waals surface area (Å²) in [6.45, 7) is 0. The van der Waals surface area contributed by atoms with E-state index in [2.05, 4.69) is 0 Å². The van der Waals surface area contributed by atoms with Crippen LogP contribution in [0.3, 0.4) is 0 Å². The molecule has 0 unspecified atom stereocenters. The van der Waals surface area contributed by atoms with Gasteiger partial charge in [0.05, 0.1) is 0 Å². The maximum absolute atomic E-state index is 13.6. The van der Waals surface area contributed by atoms with Crippen LogP contribution in [-0.2, 0) is 0 Å². The first kappa shape index (κ1) is 14.3. The number of hydrogen-bond donors (Lipinski definition) is 2. The fraction of sp³-hybridized carbons (Fsp3) is 0.538. The van der Waals surface area contributed by atoms with Gasteiger partial charge in [0, 0.05) is 17.7 Å². The second-order valence-electron chi connectivity index (χ2n) is 4.63. The molecule has 0 amide bonds. The van der Waals surface area contributed by atoms with Gasteiger partial charge in [-0.05, 0) is 24.8 Å². The van der Waals surface area contributed by atoms with Crippen LogP contribution < -0.4 is 5.73 Å². The third-order valence-corrected chi connectivity index (χ3v) is 3.50. The van der Waals surface area contributed by atoms with Gasteiger partial charge in [0.25, 0.3) is 0 Å². The van der Waals surface area contributed by atoms with Crippen molar-refractivity contribution in [2.75, 3.05) is 0 Å². The average molecular weight is 260 g/mol. The Morgan fingerprint density at radius 2 is 1.88 bits per heavy atom. The van der Waals surface area contributed by atoms with E-state index in [1.807, 2.05) is 0 Å². The molecule has 1 aliphatic carbocycles. The highest BCUT2D eigenvalue weighted by molar-refractivity contribution is 5.85. The Kier molecular flexibility index (Phi) is 5.22. The van der Waals surface area contributed by atoms with Crippen LogP contribution in [0, 0.1) is 11.7 Å². The molecule has 2 rings (SSSR count). The van der Waals surface area contributed by atoms with Crippen molar-refractivity contribution in [3.63, 3.8) is 0 Å². The Morgan fingerprint density at radius 1 is 1.24 bits per heavy atom. The van der Waals surface area contributed by atoms with Gasteiger partial charge < -0.3 is 10.8 Å². The Labute approximate surface area is 107 Å². The molecule has 0 saturated heterocycles. The third-order valence-electron chi connectivity index (χ3n) is 3.50. The smallest absolute Gasteiger partial charge is 0.131 e. The summed E-state index contributed by atoms with van der Waals surface area (Å²) in [6.07, 6.45) is 5.82.